The van der Waals surface area contributed by atoms with Crippen LogP contribution in [-0.4, -0.2) is 11.4 Å². The lowest BCUT2D eigenvalue weighted by molar-refractivity contribution is 0.0907. The highest BCUT2D eigenvalue weighted by atomic mass is 127. The number of hydrogen-bond donors (Lipinski definition) is 1. The molecule has 1 aliphatic rings. The summed E-state index contributed by atoms with van der Waals surface area (Å²) >= 11 is 2.16. The van der Waals surface area contributed by atoms with Gasteiger partial charge >= 0.3 is 0 Å². The number of nitriles is 1. The number of carbonyl (C=O) groups is 1. The fourth-order valence-corrected chi connectivity index (χ4v) is 3.34. The van der Waals surface area contributed by atoms with Crippen LogP contribution in [-0.2, 0) is 0 Å². The van der Waals surface area contributed by atoms with E-state index in [1.54, 1.807) is 0 Å². The van der Waals surface area contributed by atoms with Crippen molar-refractivity contribution in [1.82, 2.24) is 5.32 Å². The lowest BCUT2D eigenvalue weighted by atomic mass is 9.85. The lowest BCUT2D eigenvalue weighted by Crippen LogP contribution is -2.47. The van der Waals surface area contributed by atoms with Crippen molar-refractivity contribution >= 4 is 28.5 Å². The first kappa shape index (κ1) is 15.3. The number of nitrogens with zero attached hydrogens (tertiary/aromatic N) is 1. The predicted octanol–water partition coefficient (Wildman–Crippen LogP) is 4.03. The third-order valence-electron chi connectivity index (χ3n) is 3.89. The van der Waals surface area contributed by atoms with Gasteiger partial charge in [-0.15, -0.1) is 0 Å². The van der Waals surface area contributed by atoms with Crippen molar-refractivity contribution in [2.45, 2.75) is 50.5 Å². The zero-order valence-corrected chi connectivity index (χ0v) is 13.7. The molecular formula is C16H19IN2O. The number of carbonyl (C=O) groups excluding carboxylic acids is 1. The maximum atomic E-state index is 12.4. The summed E-state index contributed by atoms with van der Waals surface area (Å²) in [4.78, 5) is 12.4. The van der Waals surface area contributed by atoms with Crippen molar-refractivity contribution in [1.29, 1.82) is 5.26 Å². The van der Waals surface area contributed by atoms with Crippen LogP contribution < -0.4 is 5.32 Å². The Morgan fingerprint density at radius 1 is 1.15 bits per heavy atom. The predicted molar refractivity (Wildman–Crippen MR) is 87.3 cm³/mol. The molecule has 106 valence electrons. The van der Waals surface area contributed by atoms with Gasteiger partial charge in [0.1, 0.15) is 5.54 Å². The van der Waals surface area contributed by atoms with E-state index in [4.69, 9.17) is 0 Å². The third-order valence-corrected chi connectivity index (χ3v) is 4.83. The molecule has 0 unspecified atom stereocenters. The van der Waals surface area contributed by atoms with Gasteiger partial charge < -0.3 is 5.32 Å². The first-order chi connectivity index (χ1) is 9.67. The second-order valence-electron chi connectivity index (χ2n) is 5.40. The molecule has 1 aromatic rings. The number of amides is 1. The van der Waals surface area contributed by atoms with Crippen LogP contribution >= 0.6 is 22.6 Å². The van der Waals surface area contributed by atoms with Crippen LogP contribution in [0.4, 0.5) is 0 Å². The average Bonchev–Trinajstić information content (AvgIpc) is 2.42. The van der Waals surface area contributed by atoms with Crippen LogP contribution in [0, 0.1) is 14.9 Å². The third kappa shape index (κ3) is 3.72. The minimum atomic E-state index is -0.684. The number of benzene rings is 1. The van der Waals surface area contributed by atoms with E-state index in [9.17, 15) is 10.1 Å². The fraction of sp³-hybridized carbons (Fsp3) is 0.500. The molecule has 1 saturated carbocycles. The largest absolute Gasteiger partial charge is 0.334 e. The Kier molecular flexibility index (Phi) is 5.41. The number of rotatable bonds is 2. The number of hydrogen-bond acceptors (Lipinski definition) is 2. The number of halogens is 1. The molecule has 1 fully saturated rings. The van der Waals surface area contributed by atoms with Crippen LogP contribution in [0.15, 0.2) is 24.3 Å². The van der Waals surface area contributed by atoms with E-state index in [0.29, 0.717) is 5.56 Å². The SMILES string of the molecule is N#CC1(NC(=O)c2ccccc2I)CCCCCCC1. The van der Waals surface area contributed by atoms with Crippen LogP contribution in [0.1, 0.15) is 55.3 Å². The minimum Gasteiger partial charge on any atom is -0.334 e. The molecule has 0 radical (unpaired) electrons. The van der Waals surface area contributed by atoms with E-state index in [2.05, 4.69) is 34.0 Å². The zero-order valence-electron chi connectivity index (χ0n) is 11.5. The summed E-state index contributed by atoms with van der Waals surface area (Å²) in [5.41, 5.74) is -0.0269. The lowest BCUT2D eigenvalue weighted by Gasteiger charge is -2.29. The molecule has 0 atom stereocenters. The molecule has 0 bridgehead atoms. The maximum Gasteiger partial charge on any atom is 0.253 e. The van der Waals surface area contributed by atoms with E-state index >= 15 is 0 Å². The molecule has 1 aromatic carbocycles. The van der Waals surface area contributed by atoms with Gasteiger partial charge in [0.25, 0.3) is 5.91 Å². The van der Waals surface area contributed by atoms with Crippen molar-refractivity contribution < 1.29 is 4.79 Å². The Balaban J connectivity index is 2.14. The highest BCUT2D eigenvalue weighted by molar-refractivity contribution is 14.1. The number of nitrogens with one attached hydrogen (secondary N) is 1. The molecule has 0 spiro atoms. The maximum absolute atomic E-state index is 12.4. The fourth-order valence-electron chi connectivity index (χ4n) is 2.70. The van der Waals surface area contributed by atoms with Crippen molar-refractivity contribution in [3.63, 3.8) is 0 Å². The molecule has 0 aliphatic heterocycles. The molecule has 1 aliphatic carbocycles. The van der Waals surface area contributed by atoms with Crippen LogP contribution in [0.5, 0.6) is 0 Å². The highest BCUT2D eigenvalue weighted by Crippen LogP contribution is 2.26. The molecule has 1 amide bonds. The van der Waals surface area contributed by atoms with Gasteiger partial charge in [-0.3, -0.25) is 4.79 Å². The molecule has 0 aromatic heterocycles. The first-order valence-corrected chi connectivity index (χ1v) is 8.23. The second-order valence-corrected chi connectivity index (χ2v) is 6.56. The molecule has 20 heavy (non-hydrogen) atoms. The van der Waals surface area contributed by atoms with E-state index in [-0.39, 0.29) is 5.91 Å². The smallest absolute Gasteiger partial charge is 0.253 e. The Hall–Kier alpha value is -1.09. The Morgan fingerprint density at radius 3 is 2.35 bits per heavy atom. The van der Waals surface area contributed by atoms with Crippen LogP contribution in [0.3, 0.4) is 0 Å². The summed E-state index contributed by atoms with van der Waals surface area (Å²) in [7, 11) is 0. The summed E-state index contributed by atoms with van der Waals surface area (Å²) in [6.45, 7) is 0. The molecule has 4 heteroatoms. The molecule has 3 nitrogen and oxygen atoms in total. The van der Waals surface area contributed by atoms with E-state index in [1.807, 2.05) is 24.3 Å². The Morgan fingerprint density at radius 2 is 1.75 bits per heavy atom. The van der Waals surface area contributed by atoms with Gasteiger partial charge in [0.15, 0.2) is 0 Å². The standard InChI is InChI=1S/C16H19IN2O/c17-14-9-5-4-8-13(14)15(20)19-16(12-18)10-6-2-1-3-7-11-16/h4-5,8-9H,1-3,6-7,10-11H2,(H,19,20). The van der Waals surface area contributed by atoms with E-state index in [0.717, 1.165) is 42.1 Å². The van der Waals surface area contributed by atoms with Gasteiger partial charge in [0.2, 0.25) is 0 Å². The molecule has 0 saturated heterocycles. The molecule has 0 heterocycles. The van der Waals surface area contributed by atoms with Crippen molar-refractivity contribution in [2.75, 3.05) is 0 Å². The van der Waals surface area contributed by atoms with Gasteiger partial charge in [0.05, 0.1) is 11.6 Å². The Bertz CT molecular complexity index is 513. The monoisotopic (exact) mass is 382 g/mol. The Labute approximate surface area is 133 Å². The van der Waals surface area contributed by atoms with Gasteiger partial charge in [0, 0.05) is 3.57 Å². The summed E-state index contributed by atoms with van der Waals surface area (Å²) in [6, 6.07) is 9.86. The summed E-state index contributed by atoms with van der Waals surface area (Å²) in [5.74, 6) is -0.128. The second kappa shape index (κ2) is 7.07. The highest BCUT2D eigenvalue weighted by Gasteiger charge is 2.32. The van der Waals surface area contributed by atoms with E-state index in [1.165, 1.54) is 6.42 Å². The quantitative estimate of drug-likeness (QED) is 0.786. The average molecular weight is 382 g/mol. The summed E-state index contributed by atoms with van der Waals surface area (Å²) in [5, 5.41) is 12.6. The van der Waals surface area contributed by atoms with Crippen molar-refractivity contribution in [3.05, 3.63) is 33.4 Å². The van der Waals surface area contributed by atoms with E-state index < -0.39 is 5.54 Å². The van der Waals surface area contributed by atoms with Crippen LogP contribution in [0.25, 0.3) is 0 Å². The molecule has 2 rings (SSSR count). The van der Waals surface area contributed by atoms with Crippen molar-refractivity contribution in [2.24, 2.45) is 0 Å². The zero-order chi connectivity index (χ0) is 14.4. The van der Waals surface area contributed by atoms with Crippen LogP contribution in [0.2, 0.25) is 0 Å². The molecule has 1 N–H and O–H groups in total. The summed E-state index contributed by atoms with van der Waals surface area (Å²) in [6.07, 6.45) is 7.10. The molecular weight excluding hydrogens is 363 g/mol. The van der Waals surface area contributed by atoms with Crippen molar-refractivity contribution in [3.8, 4) is 6.07 Å². The topological polar surface area (TPSA) is 52.9 Å². The minimum absolute atomic E-state index is 0.128. The van der Waals surface area contributed by atoms with Gasteiger partial charge in [-0.05, 0) is 47.6 Å². The normalized spacial score (nSPS) is 18.4. The van der Waals surface area contributed by atoms with Gasteiger partial charge in [-0.25, -0.2) is 0 Å². The van der Waals surface area contributed by atoms with Gasteiger partial charge in [-0.2, -0.15) is 5.26 Å². The van der Waals surface area contributed by atoms with Gasteiger partial charge in [-0.1, -0.05) is 44.2 Å². The first-order valence-electron chi connectivity index (χ1n) is 7.15. The summed E-state index contributed by atoms with van der Waals surface area (Å²) < 4.78 is 0.918.